The molecule has 6 heteroatoms. The molecule has 2 N–H and O–H groups in total. The summed E-state index contributed by atoms with van der Waals surface area (Å²) in [7, 11) is 1.16. The first kappa shape index (κ1) is 18.7. The Morgan fingerprint density at radius 2 is 1.65 bits per heavy atom. The highest BCUT2D eigenvalue weighted by atomic mass is 16.7. The van der Waals surface area contributed by atoms with Crippen LogP contribution in [0.5, 0.6) is 5.75 Å². The van der Waals surface area contributed by atoms with E-state index in [0.29, 0.717) is 5.82 Å². The first-order valence-electron chi connectivity index (χ1n) is 8.87. The molecule has 138 valence electrons. The normalized spacial score (nSPS) is 18.2. The lowest BCUT2D eigenvalue weighted by Crippen LogP contribution is -2.41. The summed E-state index contributed by atoms with van der Waals surface area (Å²) in [5, 5.41) is 0. The maximum absolute atomic E-state index is 6.28. The van der Waals surface area contributed by atoms with E-state index in [9.17, 15) is 0 Å². The van der Waals surface area contributed by atoms with Crippen molar-refractivity contribution >= 4 is 18.5 Å². The Bertz CT molecular complexity index is 764. The Morgan fingerprint density at radius 1 is 1.08 bits per heavy atom. The van der Waals surface area contributed by atoms with E-state index in [-0.39, 0.29) is 0 Å². The molecule has 2 aromatic rings. The second kappa shape index (κ2) is 6.60. The van der Waals surface area contributed by atoms with Crippen LogP contribution >= 0.6 is 0 Å². The number of hydrogen-bond donors (Lipinski definition) is 1. The summed E-state index contributed by atoms with van der Waals surface area (Å²) in [6.45, 7) is 10.2. The number of benzene rings is 1. The first-order chi connectivity index (χ1) is 12.1. The summed E-state index contributed by atoms with van der Waals surface area (Å²) in [4.78, 5) is 4.58. The maximum atomic E-state index is 6.28. The lowest BCUT2D eigenvalue weighted by atomic mass is 9.82. The van der Waals surface area contributed by atoms with Gasteiger partial charge in [-0.05, 0) is 63.9 Å². The van der Waals surface area contributed by atoms with Crippen LogP contribution in [0.4, 0.5) is 5.82 Å². The van der Waals surface area contributed by atoms with E-state index >= 15 is 0 Å². The summed E-state index contributed by atoms with van der Waals surface area (Å²) >= 11 is 0. The Balaban J connectivity index is 1.85. The van der Waals surface area contributed by atoms with Gasteiger partial charge in [-0.25, -0.2) is 4.98 Å². The summed E-state index contributed by atoms with van der Waals surface area (Å²) in [5.41, 5.74) is 9.47. The van der Waals surface area contributed by atoms with Crippen LogP contribution in [0, 0.1) is 6.92 Å². The van der Waals surface area contributed by atoms with Gasteiger partial charge in [0.25, 0.3) is 0 Å². The van der Waals surface area contributed by atoms with E-state index < -0.39 is 18.3 Å². The van der Waals surface area contributed by atoms with Crippen LogP contribution in [0.2, 0.25) is 0 Å². The molecule has 2 heterocycles. The largest absolute Gasteiger partial charge is 0.514 e. The zero-order chi connectivity index (χ0) is 19.1. The van der Waals surface area contributed by atoms with E-state index in [1.54, 1.807) is 7.11 Å². The molecule has 1 saturated heterocycles. The number of pyridine rings is 1. The highest BCUT2D eigenvalue weighted by Crippen LogP contribution is 2.36. The molecule has 0 saturated carbocycles. The van der Waals surface area contributed by atoms with Crippen LogP contribution in [0.1, 0.15) is 44.4 Å². The van der Waals surface area contributed by atoms with Crippen molar-refractivity contribution in [2.75, 3.05) is 12.8 Å². The molecule has 0 radical (unpaired) electrons. The Kier molecular flexibility index (Phi) is 4.75. The number of aromatic nitrogens is 1. The van der Waals surface area contributed by atoms with Gasteiger partial charge >= 0.3 is 7.12 Å². The van der Waals surface area contributed by atoms with Gasteiger partial charge in [-0.3, -0.25) is 0 Å². The fourth-order valence-corrected chi connectivity index (χ4v) is 3.01. The van der Waals surface area contributed by atoms with Gasteiger partial charge in [0, 0.05) is 12.0 Å². The van der Waals surface area contributed by atoms with Gasteiger partial charge in [0.1, 0.15) is 11.6 Å². The number of ether oxygens (including phenoxy) is 1. The zero-order valence-corrected chi connectivity index (χ0v) is 16.4. The van der Waals surface area contributed by atoms with Gasteiger partial charge in [-0.2, -0.15) is 0 Å². The molecule has 0 spiro atoms. The third-order valence-corrected chi connectivity index (χ3v) is 5.43. The summed E-state index contributed by atoms with van der Waals surface area (Å²) < 4.78 is 17.4. The predicted molar refractivity (Wildman–Crippen MR) is 105 cm³/mol. The van der Waals surface area contributed by atoms with Crippen LogP contribution in [-0.4, -0.2) is 30.4 Å². The lowest BCUT2D eigenvalue weighted by Gasteiger charge is -2.32. The van der Waals surface area contributed by atoms with Crippen molar-refractivity contribution in [3.63, 3.8) is 0 Å². The van der Waals surface area contributed by atoms with Gasteiger partial charge in [-0.1, -0.05) is 12.1 Å². The molecule has 0 aliphatic carbocycles. The van der Waals surface area contributed by atoms with Crippen molar-refractivity contribution in [2.24, 2.45) is 0 Å². The van der Waals surface area contributed by atoms with Crippen LogP contribution < -0.4 is 16.1 Å². The Morgan fingerprint density at radius 3 is 2.15 bits per heavy atom. The number of aryl methyl sites for hydroxylation is 1. The van der Waals surface area contributed by atoms with E-state index in [2.05, 4.69) is 4.98 Å². The van der Waals surface area contributed by atoms with Gasteiger partial charge in [-0.15, -0.1) is 0 Å². The number of nitrogen functional groups attached to an aromatic ring is 1. The van der Waals surface area contributed by atoms with E-state index in [0.717, 1.165) is 34.5 Å². The van der Waals surface area contributed by atoms with Gasteiger partial charge in [0.2, 0.25) is 0 Å². The van der Waals surface area contributed by atoms with E-state index in [1.807, 2.05) is 65.0 Å². The third-order valence-electron chi connectivity index (χ3n) is 5.43. The topological polar surface area (TPSA) is 66.6 Å². The molecule has 1 aliphatic heterocycles. The fourth-order valence-electron chi connectivity index (χ4n) is 3.01. The molecule has 5 nitrogen and oxygen atoms in total. The molecular weight excluding hydrogens is 327 g/mol. The lowest BCUT2D eigenvalue weighted by molar-refractivity contribution is 0.00578. The van der Waals surface area contributed by atoms with Crippen LogP contribution in [-0.2, 0) is 15.7 Å². The molecule has 0 unspecified atom stereocenters. The molecular formula is C20H27BN2O3. The minimum atomic E-state index is -0.504. The monoisotopic (exact) mass is 354 g/mol. The molecule has 0 bridgehead atoms. The number of hydrogen-bond acceptors (Lipinski definition) is 5. The zero-order valence-electron chi connectivity index (χ0n) is 16.4. The number of methoxy groups -OCH3 is 1. The Labute approximate surface area is 156 Å². The quantitative estimate of drug-likeness (QED) is 0.856. The van der Waals surface area contributed by atoms with Gasteiger partial charge in [0.05, 0.1) is 23.9 Å². The second-order valence-electron chi connectivity index (χ2n) is 7.84. The number of rotatable bonds is 4. The Hall–Kier alpha value is -2.05. The van der Waals surface area contributed by atoms with Crippen molar-refractivity contribution in [3.05, 3.63) is 47.0 Å². The molecule has 1 aromatic heterocycles. The fraction of sp³-hybridized carbons (Fsp3) is 0.450. The van der Waals surface area contributed by atoms with Crippen molar-refractivity contribution in [1.82, 2.24) is 4.98 Å². The van der Waals surface area contributed by atoms with Crippen molar-refractivity contribution < 1.29 is 14.0 Å². The molecule has 1 fully saturated rings. The molecule has 1 aromatic carbocycles. The van der Waals surface area contributed by atoms with Crippen LogP contribution in [0.15, 0.2) is 30.3 Å². The number of nitrogens with two attached hydrogens (primary N) is 1. The second-order valence-corrected chi connectivity index (χ2v) is 7.84. The smallest absolute Gasteiger partial charge is 0.497 e. The predicted octanol–water partition coefficient (Wildman–Crippen LogP) is 2.87. The summed E-state index contributed by atoms with van der Waals surface area (Å²) in [6.07, 6.45) is 0.721. The van der Waals surface area contributed by atoms with Crippen molar-refractivity contribution in [3.8, 4) is 5.75 Å². The van der Waals surface area contributed by atoms with E-state index in [1.165, 1.54) is 0 Å². The number of anilines is 1. The van der Waals surface area contributed by atoms with E-state index in [4.69, 9.17) is 19.8 Å². The average molecular weight is 354 g/mol. The highest BCUT2D eigenvalue weighted by Gasteiger charge is 2.52. The highest BCUT2D eigenvalue weighted by molar-refractivity contribution is 6.61. The molecule has 3 rings (SSSR count). The first-order valence-corrected chi connectivity index (χ1v) is 8.87. The minimum Gasteiger partial charge on any atom is -0.497 e. The standard InChI is InChI=1S/C20H27BN2O3/c1-13-11-17(21-25-19(2,3)20(4,5)26-21)23-18(22)16(13)12-14-7-9-15(24-6)10-8-14/h7-11H,12H2,1-6H3,(H2,22,23). The molecule has 26 heavy (non-hydrogen) atoms. The van der Waals surface area contributed by atoms with Crippen molar-refractivity contribution in [2.45, 2.75) is 52.2 Å². The minimum absolute atomic E-state index is 0.399. The van der Waals surface area contributed by atoms with Crippen LogP contribution in [0.3, 0.4) is 0 Å². The summed E-state index contributed by atoms with van der Waals surface area (Å²) in [5.74, 6) is 1.36. The SMILES string of the molecule is COc1ccc(Cc2c(C)cc(B3OC(C)(C)C(C)(C)O3)nc2N)cc1. The third kappa shape index (κ3) is 3.44. The molecule has 0 atom stereocenters. The number of nitrogens with zero attached hydrogens (tertiary/aromatic N) is 1. The summed E-state index contributed by atoms with van der Waals surface area (Å²) in [6, 6.07) is 10.00. The maximum Gasteiger partial charge on any atom is 0.514 e. The molecule has 1 aliphatic rings. The molecule has 0 amide bonds. The van der Waals surface area contributed by atoms with Crippen LogP contribution in [0.25, 0.3) is 0 Å². The van der Waals surface area contributed by atoms with Crippen molar-refractivity contribution in [1.29, 1.82) is 0 Å². The van der Waals surface area contributed by atoms with Gasteiger partial charge < -0.3 is 19.8 Å². The average Bonchev–Trinajstić information content (AvgIpc) is 2.79. The van der Waals surface area contributed by atoms with Gasteiger partial charge in [0.15, 0.2) is 0 Å².